The molecule has 3 heteroatoms. The van der Waals surface area contributed by atoms with Gasteiger partial charge in [-0.15, -0.1) is 0 Å². The van der Waals surface area contributed by atoms with Crippen molar-refractivity contribution >= 4 is 28.4 Å². The van der Waals surface area contributed by atoms with E-state index in [1.54, 1.807) is 6.92 Å². The third kappa shape index (κ3) is 0.866. The highest BCUT2D eigenvalue weighted by Crippen LogP contribution is 2.18. The second kappa shape index (κ2) is 2.05. The predicted octanol–water partition coefficient (Wildman–Crippen LogP) is 1.25. The third-order valence-electron chi connectivity index (χ3n) is 0.980. The van der Waals surface area contributed by atoms with Crippen LogP contribution < -0.4 is 0 Å². The molecule has 1 rings (SSSR count). The van der Waals surface area contributed by atoms with Gasteiger partial charge in [-0.1, -0.05) is 0 Å². The number of rotatable bonds is 0. The molecule has 1 unspecified atom stereocenters. The molecule has 0 aromatic heterocycles. The van der Waals surface area contributed by atoms with Crippen LogP contribution in [0, 0.1) is 0 Å². The van der Waals surface area contributed by atoms with E-state index in [1.165, 1.54) is 6.26 Å². The molecule has 0 bridgehead atoms. The fraction of sp³-hybridized carbons (Fsp3) is 0.400. The van der Waals surface area contributed by atoms with Crippen molar-refractivity contribution in [2.45, 2.75) is 13.0 Å². The summed E-state index contributed by atoms with van der Waals surface area (Å²) in [6, 6.07) is 0. The lowest BCUT2D eigenvalue weighted by atomic mass is 10.3. The first-order valence-corrected chi connectivity index (χ1v) is 3.35. The first-order chi connectivity index (χ1) is 3.72. The smallest absolute Gasteiger partial charge is 0.212 e. The minimum absolute atomic E-state index is 0.0885. The largest absolute Gasteiger partial charge is 0.489 e. The van der Waals surface area contributed by atoms with E-state index >= 15 is 0 Å². The van der Waals surface area contributed by atoms with Crippen molar-refractivity contribution in [1.82, 2.24) is 0 Å². The molecule has 2 nitrogen and oxygen atoms in total. The fourth-order valence-corrected chi connectivity index (χ4v) is 1.06. The van der Waals surface area contributed by atoms with Gasteiger partial charge >= 0.3 is 0 Å². The molecular weight excluding hydrogens is 219 g/mol. The fourth-order valence-electron chi connectivity index (χ4n) is 0.476. The molecular formula is C5H5IO2. The summed E-state index contributed by atoms with van der Waals surface area (Å²) in [5.41, 5.74) is 0. The number of halogens is 1. The second-order valence-corrected chi connectivity index (χ2v) is 2.77. The molecule has 1 aliphatic heterocycles. The standard InChI is InChI=1S/C5H5IO2/c1-3-5(7)4(6)2-8-3/h2-3H,1H3. The van der Waals surface area contributed by atoms with Gasteiger partial charge in [-0.05, 0) is 29.5 Å². The van der Waals surface area contributed by atoms with Crippen molar-refractivity contribution in [3.8, 4) is 0 Å². The maximum absolute atomic E-state index is 10.7. The highest BCUT2D eigenvalue weighted by Gasteiger charge is 2.22. The van der Waals surface area contributed by atoms with E-state index in [0.29, 0.717) is 3.58 Å². The van der Waals surface area contributed by atoms with Gasteiger partial charge in [-0.25, -0.2) is 0 Å². The molecule has 1 heterocycles. The molecule has 44 valence electrons. The molecule has 0 aromatic rings. The summed E-state index contributed by atoms with van der Waals surface area (Å²) in [4.78, 5) is 10.7. The van der Waals surface area contributed by atoms with Crippen LogP contribution in [-0.2, 0) is 9.53 Å². The van der Waals surface area contributed by atoms with Crippen molar-refractivity contribution < 1.29 is 9.53 Å². The summed E-state index contributed by atoms with van der Waals surface area (Å²) in [6.07, 6.45) is 1.25. The Kier molecular flexibility index (Phi) is 1.55. The molecule has 1 atom stereocenters. The van der Waals surface area contributed by atoms with Crippen LogP contribution in [0.25, 0.3) is 0 Å². The van der Waals surface area contributed by atoms with Crippen LogP contribution in [0.5, 0.6) is 0 Å². The van der Waals surface area contributed by atoms with Gasteiger partial charge in [0.1, 0.15) is 6.26 Å². The Morgan fingerprint density at radius 2 is 2.50 bits per heavy atom. The first-order valence-electron chi connectivity index (χ1n) is 2.27. The van der Waals surface area contributed by atoms with Crippen LogP contribution in [0.1, 0.15) is 6.92 Å². The Labute approximate surface area is 61.0 Å². The molecule has 0 radical (unpaired) electrons. The van der Waals surface area contributed by atoms with Crippen molar-refractivity contribution in [2.24, 2.45) is 0 Å². The number of hydrogen-bond donors (Lipinski definition) is 0. The lowest BCUT2D eigenvalue weighted by molar-refractivity contribution is -0.119. The molecule has 0 saturated carbocycles. The van der Waals surface area contributed by atoms with Crippen molar-refractivity contribution in [3.63, 3.8) is 0 Å². The maximum atomic E-state index is 10.7. The van der Waals surface area contributed by atoms with Crippen LogP contribution in [0.3, 0.4) is 0 Å². The van der Waals surface area contributed by atoms with Crippen LogP contribution in [0.4, 0.5) is 0 Å². The van der Waals surface area contributed by atoms with Crippen LogP contribution >= 0.6 is 22.6 Å². The lowest BCUT2D eigenvalue weighted by Crippen LogP contribution is -2.10. The summed E-state index contributed by atoms with van der Waals surface area (Å²) >= 11 is 1.96. The van der Waals surface area contributed by atoms with Crippen LogP contribution in [0.15, 0.2) is 9.84 Å². The van der Waals surface area contributed by atoms with E-state index in [9.17, 15) is 4.79 Å². The highest BCUT2D eigenvalue weighted by molar-refractivity contribution is 14.1. The Balaban J connectivity index is 2.73. The number of ether oxygens (including phenoxy) is 1. The van der Waals surface area contributed by atoms with E-state index in [4.69, 9.17) is 4.74 Å². The Bertz CT molecular complexity index is 151. The molecule has 0 N–H and O–H groups in total. The molecule has 0 spiro atoms. The molecule has 0 saturated heterocycles. The highest BCUT2D eigenvalue weighted by atomic mass is 127. The predicted molar refractivity (Wildman–Crippen MR) is 37.7 cm³/mol. The van der Waals surface area contributed by atoms with Gasteiger partial charge in [-0.2, -0.15) is 0 Å². The molecule has 8 heavy (non-hydrogen) atoms. The monoisotopic (exact) mass is 224 g/mol. The van der Waals surface area contributed by atoms with Gasteiger partial charge < -0.3 is 4.74 Å². The van der Waals surface area contributed by atoms with Gasteiger partial charge in [-0.3, -0.25) is 4.79 Å². The van der Waals surface area contributed by atoms with Crippen molar-refractivity contribution in [1.29, 1.82) is 0 Å². The number of carbonyl (C=O) groups excluding carboxylic acids is 1. The lowest BCUT2D eigenvalue weighted by Gasteiger charge is -1.96. The molecule has 0 fully saturated rings. The van der Waals surface area contributed by atoms with Gasteiger partial charge in [0.25, 0.3) is 0 Å². The summed E-state index contributed by atoms with van der Waals surface area (Å²) in [5, 5.41) is 0. The van der Waals surface area contributed by atoms with E-state index in [2.05, 4.69) is 0 Å². The quantitative estimate of drug-likeness (QED) is 0.579. The zero-order chi connectivity index (χ0) is 6.15. The average Bonchev–Trinajstić information content (AvgIpc) is 1.98. The van der Waals surface area contributed by atoms with E-state index in [0.717, 1.165) is 0 Å². The van der Waals surface area contributed by atoms with Gasteiger partial charge in [0.15, 0.2) is 6.10 Å². The maximum Gasteiger partial charge on any atom is 0.212 e. The molecule has 0 amide bonds. The van der Waals surface area contributed by atoms with E-state index in [1.807, 2.05) is 22.6 Å². The second-order valence-electron chi connectivity index (χ2n) is 1.61. The van der Waals surface area contributed by atoms with Crippen molar-refractivity contribution in [2.75, 3.05) is 0 Å². The van der Waals surface area contributed by atoms with Gasteiger partial charge in [0.2, 0.25) is 5.78 Å². The summed E-state index contributed by atoms with van der Waals surface area (Å²) in [6.45, 7) is 1.74. The minimum Gasteiger partial charge on any atom is -0.489 e. The van der Waals surface area contributed by atoms with Crippen LogP contribution in [-0.4, -0.2) is 11.9 Å². The van der Waals surface area contributed by atoms with Gasteiger partial charge in [0, 0.05) is 0 Å². The van der Waals surface area contributed by atoms with Gasteiger partial charge in [0.05, 0.1) is 3.58 Å². The topological polar surface area (TPSA) is 26.3 Å². The molecule has 1 aliphatic rings. The SMILES string of the molecule is CC1OC=C(I)C1=O. The Hall–Kier alpha value is -0.0600. The normalized spacial score (nSPS) is 27.5. The zero-order valence-corrected chi connectivity index (χ0v) is 6.51. The van der Waals surface area contributed by atoms with Crippen molar-refractivity contribution in [3.05, 3.63) is 9.84 Å². The van der Waals surface area contributed by atoms with E-state index in [-0.39, 0.29) is 11.9 Å². The minimum atomic E-state index is -0.248. The number of hydrogen-bond acceptors (Lipinski definition) is 2. The summed E-state index contributed by atoms with van der Waals surface area (Å²) in [5.74, 6) is 0.0885. The average molecular weight is 224 g/mol. The summed E-state index contributed by atoms with van der Waals surface area (Å²) in [7, 11) is 0. The number of carbonyl (C=O) groups is 1. The number of ketones is 1. The van der Waals surface area contributed by atoms with Crippen LogP contribution in [0.2, 0.25) is 0 Å². The Morgan fingerprint density at radius 3 is 2.62 bits per heavy atom. The Morgan fingerprint density at radius 1 is 1.88 bits per heavy atom. The molecule has 0 aliphatic carbocycles. The number of Topliss-reactive ketones (excluding diaryl/α,β-unsaturated/α-hetero) is 1. The first kappa shape index (κ1) is 6.07. The molecule has 0 aromatic carbocycles. The zero-order valence-electron chi connectivity index (χ0n) is 4.35. The third-order valence-corrected chi connectivity index (χ3v) is 1.77. The van der Waals surface area contributed by atoms with E-state index < -0.39 is 0 Å². The summed E-state index contributed by atoms with van der Waals surface area (Å²) < 4.78 is 5.55.